The van der Waals surface area contributed by atoms with Crippen molar-refractivity contribution in [2.45, 2.75) is 6.10 Å². The van der Waals surface area contributed by atoms with Crippen LogP contribution in [0.5, 0.6) is 5.88 Å². The van der Waals surface area contributed by atoms with Gasteiger partial charge in [0.25, 0.3) is 5.88 Å². The molecule has 2 aromatic rings. The zero-order chi connectivity index (χ0) is 16.1. The van der Waals surface area contributed by atoms with E-state index in [4.69, 9.17) is 25.6 Å². The van der Waals surface area contributed by atoms with E-state index in [1.54, 1.807) is 18.2 Å². The van der Waals surface area contributed by atoms with Gasteiger partial charge in [-0.2, -0.15) is 0 Å². The molecule has 3 rings (SSSR count). The second kappa shape index (κ2) is 7.79. The summed E-state index contributed by atoms with van der Waals surface area (Å²) in [6.45, 7) is 3.81. The molecule has 1 fully saturated rings. The number of morpholine rings is 1. The van der Waals surface area contributed by atoms with Crippen LogP contribution in [0.1, 0.15) is 0 Å². The van der Waals surface area contributed by atoms with Gasteiger partial charge in [0.15, 0.2) is 5.76 Å². The van der Waals surface area contributed by atoms with Crippen molar-refractivity contribution in [1.29, 1.82) is 0 Å². The number of hydrogen-bond donors (Lipinski definition) is 1. The molecule has 124 valence electrons. The molecule has 23 heavy (non-hydrogen) atoms. The van der Waals surface area contributed by atoms with Crippen LogP contribution in [-0.4, -0.2) is 60.7 Å². The predicted molar refractivity (Wildman–Crippen MR) is 85.7 cm³/mol. The first-order valence-electron chi connectivity index (χ1n) is 7.54. The van der Waals surface area contributed by atoms with Gasteiger partial charge in [0.2, 0.25) is 0 Å². The van der Waals surface area contributed by atoms with Gasteiger partial charge in [-0.1, -0.05) is 23.7 Å². The molecule has 1 saturated heterocycles. The minimum absolute atomic E-state index is 0.166. The Labute approximate surface area is 139 Å². The Hall–Kier alpha value is -1.60. The summed E-state index contributed by atoms with van der Waals surface area (Å²) in [6.07, 6.45) is -0.584. The first-order chi connectivity index (χ1) is 11.2. The maximum Gasteiger partial charge on any atom is 0.254 e. The second-order valence-electron chi connectivity index (χ2n) is 5.42. The zero-order valence-corrected chi connectivity index (χ0v) is 13.4. The number of aliphatic hydroxyl groups is 1. The van der Waals surface area contributed by atoms with Gasteiger partial charge in [-0.15, -0.1) is 0 Å². The van der Waals surface area contributed by atoms with E-state index < -0.39 is 6.10 Å². The van der Waals surface area contributed by atoms with Gasteiger partial charge in [0, 0.05) is 36.3 Å². The van der Waals surface area contributed by atoms with Gasteiger partial charge in [-0.05, 0) is 17.3 Å². The molecule has 1 aliphatic rings. The smallest absolute Gasteiger partial charge is 0.254 e. The van der Waals surface area contributed by atoms with Gasteiger partial charge >= 0.3 is 0 Å². The van der Waals surface area contributed by atoms with Crippen molar-refractivity contribution < 1.29 is 19.1 Å². The lowest BCUT2D eigenvalue weighted by molar-refractivity contribution is 0.00396. The summed E-state index contributed by atoms with van der Waals surface area (Å²) in [7, 11) is 0. The monoisotopic (exact) mass is 338 g/mol. The topological polar surface area (TPSA) is 68.0 Å². The maximum atomic E-state index is 10.0. The fraction of sp³-hybridized carbons (Fsp3) is 0.438. The van der Waals surface area contributed by atoms with Gasteiger partial charge < -0.3 is 19.1 Å². The summed E-state index contributed by atoms with van der Waals surface area (Å²) < 4.78 is 16.0. The summed E-state index contributed by atoms with van der Waals surface area (Å²) >= 11 is 5.96. The van der Waals surface area contributed by atoms with Gasteiger partial charge in [-0.3, -0.25) is 4.90 Å². The Kier molecular flexibility index (Phi) is 5.51. The van der Waals surface area contributed by atoms with Gasteiger partial charge in [0.05, 0.1) is 13.2 Å². The molecule has 0 spiro atoms. The first-order valence-corrected chi connectivity index (χ1v) is 7.92. The van der Waals surface area contributed by atoms with E-state index in [-0.39, 0.29) is 6.61 Å². The Morgan fingerprint density at radius 2 is 2.13 bits per heavy atom. The van der Waals surface area contributed by atoms with Crippen LogP contribution < -0.4 is 4.74 Å². The predicted octanol–water partition coefficient (Wildman–Crippen LogP) is 2.07. The van der Waals surface area contributed by atoms with Crippen LogP contribution in [-0.2, 0) is 4.74 Å². The number of β-amino-alcohol motifs (C(OH)–C–C–N with tert-alkyl or cyclic N) is 1. The van der Waals surface area contributed by atoms with Gasteiger partial charge in [0.1, 0.15) is 12.7 Å². The maximum absolute atomic E-state index is 10.0. The molecule has 1 atom stereocenters. The molecule has 7 heteroatoms. The van der Waals surface area contributed by atoms with Crippen molar-refractivity contribution >= 4 is 11.6 Å². The van der Waals surface area contributed by atoms with Crippen LogP contribution in [0.2, 0.25) is 5.02 Å². The Balaban J connectivity index is 1.50. The van der Waals surface area contributed by atoms with Crippen LogP contribution in [0.15, 0.2) is 34.9 Å². The fourth-order valence-corrected chi connectivity index (χ4v) is 2.61. The molecule has 1 unspecified atom stereocenters. The molecule has 0 radical (unpaired) electrons. The largest absolute Gasteiger partial charge is 0.473 e. The third kappa shape index (κ3) is 4.68. The lowest BCUT2D eigenvalue weighted by atomic mass is 10.2. The number of ether oxygens (including phenoxy) is 2. The normalized spacial score (nSPS) is 17.1. The summed E-state index contributed by atoms with van der Waals surface area (Å²) in [4.78, 5) is 2.15. The molecular formula is C16H19ClN2O4. The molecule has 0 bridgehead atoms. The lowest BCUT2D eigenvalue weighted by Crippen LogP contribution is -2.42. The molecule has 1 N–H and O–H groups in total. The summed E-state index contributed by atoms with van der Waals surface area (Å²) in [6, 6.07) is 8.99. The Morgan fingerprint density at radius 3 is 2.91 bits per heavy atom. The highest BCUT2D eigenvalue weighted by atomic mass is 35.5. The van der Waals surface area contributed by atoms with E-state index in [0.717, 1.165) is 18.7 Å². The Bertz CT molecular complexity index is 628. The average Bonchev–Trinajstić information content (AvgIpc) is 3.03. The van der Waals surface area contributed by atoms with Crippen molar-refractivity contribution in [2.75, 3.05) is 39.5 Å². The third-order valence-corrected chi connectivity index (χ3v) is 3.83. The van der Waals surface area contributed by atoms with Crippen molar-refractivity contribution in [3.05, 3.63) is 35.4 Å². The van der Waals surface area contributed by atoms with Crippen LogP contribution in [0.25, 0.3) is 11.3 Å². The first kappa shape index (κ1) is 16.3. The molecule has 0 aliphatic carbocycles. The summed E-state index contributed by atoms with van der Waals surface area (Å²) in [5.41, 5.74) is 0.828. The van der Waals surface area contributed by atoms with Crippen LogP contribution in [0.3, 0.4) is 0 Å². The van der Waals surface area contributed by atoms with E-state index in [2.05, 4.69) is 10.1 Å². The number of nitrogens with zero attached hydrogens (tertiary/aromatic N) is 2. The van der Waals surface area contributed by atoms with Gasteiger partial charge in [-0.25, -0.2) is 0 Å². The quantitative estimate of drug-likeness (QED) is 0.869. The molecular weight excluding hydrogens is 320 g/mol. The standard InChI is InChI=1S/C16H19ClN2O4/c17-13-3-1-2-12(8-13)15-9-16(18-23-15)22-11-14(20)10-19-4-6-21-7-5-19/h1-3,8-9,14,20H,4-7,10-11H2. The van der Waals surface area contributed by atoms with Crippen LogP contribution in [0, 0.1) is 0 Å². The molecule has 1 aliphatic heterocycles. The number of benzene rings is 1. The number of hydrogen-bond acceptors (Lipinski definition) is 6. The van der Waals surface area contributed by atoms with Crippen LogP contribution in [0.4, 0.5) is 0 Å². The lowest BCUT2D eigenvalue weighted by Gasteiger charge is -2.28. The summed E-state index contributed by atoms with van der Waals surface area (Å²) in [5.74, 6) is 0.922. The number of halogens is 1. The molecule has 0 saturated carbocycles. The third-order valence-electron chi connectivity index (χ3n) is 3.59. The van der Waals surface area contributed by atoms with E-state index in [1.807, 2.05) is 12.1 Å². The highest BCUT2D eigenvalue weighted by Crippen LogP contribution is 2.25. The number of rotatable bonds is 6. The number of aromatic nitrogens is 1. The fourth-order valence-electron chi connectivity index (χ4n) is 2.42. The molecule has 1 aromatic heterocycles. The number of aliphatic hydroxyl groups excluding tert-OH is 1. The highest BCUT2D eigenvalue weighted by molar-refractivity contribution is 6.30. The Morgan fingerprint density at radius 1 is 1.30 bits per heavy atom. The minimum atomic E-state index is -0.584. The molecule has 0 amide bonds. The molecule has 2 heterocycles. The second-order valence-corrected chi connectivity index (χ2v) is 5.85. The van der Waals surface area contributed by atoms with E-state index in [0.29, 0.717) is 36.4 Å². The van der Waals surface area contributed by atoms with E-state index >= 15 is 0 Å². The summed E-state index contributed by atoms with van der Waals surface area (Å²) in [5, 5.41) is 14.5. The van der Waals surface area contributed by atoms with Crippen molar-refractivity contribution in [3.63, 3.8) is 0 Å². The molecule has 6 nitrogen and oxygen atoms in total. The zero-order valence-electron chi connectivity index (χ0n) is 12.7. The molecule has 1 aromatic carbocycles. The van der Waals surface area contributed by atoms with Crippen molar-refractivity contribution in [1.82, 2.24) is 10.1 Å². The highest BCUT2D eigenvalue weighted by Gasteiger charge is 2.16. The average molecular weight is 339 g/mol. The minimum Gasteiger partial charge on any atom is -0.473 e. The van der Waals surface area contributed by atoms with E-state index in [9.17, 15) is 5.11 Å². The SMILES string of the molecule is OC(COc1cc(-c2cccc(Cl)c2)on1)CN1CCOCC1. The van der Waals surface area contributed by atoms with Crippen LogP contribution >= 0.6 is 11.6 Å². The van der Waals surface area contributed by atoms with E-state index in [1.165, 1.54) is 0 Å². The van der Waals surface area contributed by atoms with Crippen molar-refractivity contribution in [2.24, 2.45) is 0 Å². The van der Waals surface area contributed by atoms with Crippen molar-refractivity contribution in [3.8, 4) is 17.2 Å².